The second-order valence-electron chi connectivity index (χ2n) is 13.2. The predicted molar refractivity (Wildman–Crippen MR) is 150 cm³/mol. The number of amides is 1. The summed E-state index contributed by atoms with van der Waals surface area (Å²) in [5.74, 6) is -2.11. The van der Waals surface area contributed by atoms with Gasteiger partial charge in [0.2, 0.25) is 5.91 Å². The van der Waals surface area contributed by atoms with Crippen molar-refractivity contribution < 1.29 is 58.2 Å². The summed E-state index contributed by atoms with van der Waals surface area (Å²) in [6, 6.07) is 3.92. The zero-order chi connectivity index (χ0) is 34.6. The summed E-state index contributed by atoms with van der Waals surface area (Å²) in [5.41, 5.74) is -10.1. The van der Waals surface area contributed by atoms with E-state index in [1.807, 2.05) is 0 Å². The van der Waals surface area contributed by atoms with Gasteiger partial charge in [-0.25, -0.2) is 17.2 Å². The molecule has 1 amide bonds. The maximum Gasteiger partial charge on any atom is 0.435 e. The molecule has 7 rings (SSSR count). The van der Waals surface area contributed by atoms with Gasteiger partial charge in [-0.05, 0) is 80.8 Å². The van der Waals surface area contributed by atoms with E-state index in [9.17, 15) is 53.8 Å². The van der Waals surface area contributed by atoms with Crippen LogP contribution in [-0.2, 0) is 29.8 Å². The highest BCUT2D eigenvalue weighted by Gasteiger charge is 2.74. The van der Waals surface area contributed by atoms with Crippen molar-refractivity contribution in [2.24, 2.45) is 10.8 Å². The van der Waals surface area contributed by atoms with E-state index in [2.05, 4.69) is 0 Å². The first-order valence-electron chi connectivity index (χ1n) is 14.9. The molecule has 0 radical (unpaired) electrons. The zero-order valence-electron chi connectivity index (χ0n) is 24.9. The third-order valence-corrected chi connectivity index (χ3v) is 13.7. The van der Waals surface area contributed by atoms with E-state index >= 15 is 4.39 Å². The third-order valence-electron chi connectivity index (χ3n) is 11.1. The number of hydrogen-bond acceptors (Lipinski definition) is 5. The Hall–Kier alpha value is -3.43. The molecule has 2 aromatic rings. The molecule has 3 saturated carbocycles. The number of nitrogens with zero attached hydrogens (tertiary/aromatic N) is 2. The van der Waals surface area contributed by atoms with Crippen LogP contribution in [0.25, 0.3) is 0 Å². The smallest absolute Gasteiger partial charge is 0.435 e. The number of sulfone groups is 1. The van der Waals surface area contributed by atoms with E-state index in [0.29, 0.717) is 6.07 Å². The fourth-order valence-corrected chi connectivity index (χ4v) is 10.6. The third kappa shape index (κ3) is 4.44. The molecule has 2 aliphatic heterocycles. The second-order valence-corrected chi connectivity index (χ2v) is 15.5. The van der Waals surface area contributed by atoms with Gasteiger partial charge in [-0.2, -0.15) is 26.3 Å². The van der Waals surface area contributed by atoms with Crippen LogP contribution in [0, 0.1) is 16.6 Å². The summed E-state index contributed by atoms with van der Waals surface area (Å²) in [4.78, 5) is 28.6. The number of benzene rings is 2. The molecular weight excluding hydrogens is 664 g/mol. The number of likely N-dealkylation sites (tertiary alicyclic amines) is 1. The molecule has 7 nitrogen and oxygen atoms in total. The van der Waals surface area contributed by atoms with Gasteiger partial charge < -0.3 is 14.9 Å². The van der Waals surface area contributed by atoms with Crippen molar-refractivity contribution in [2.75, 3.05) is 25.0 Å². The monoisotopic (exact) mass is 694 g/mol. The Labute approximate surface area is 264 Å². The number of carbonyl (C=O) groups is 2. The van der Waals surface area contributed by atoms with Crippen molar-refractivity contribution in [1.29, 1.82) is 0 Å². The van der Waals surface area contributed by atoms with Crippen molar-refractivity contribution in [3.8, 4) is 0 Å². The number of alkyl halides is 7. The van der Waals surface area contributed by atoms with Gasteiger partial charge in [0.05, 0.1) is 16.4 Å². The fourth-order valence-electron chi connectivity index (χ4n) is 8.34. The molecule has 256 valence electrons. The van der Waals surface area contributed by atoms with Gasteiger partial charge in [-0.3, -0.25) is 9.59 Å². The molecule has 5 aliphatic rings. The van der Waals surface area contributed by atoms with Gasteiger partial charge >= 0.3 is 24.0 Å². The topological polar surface area (TPSA) is 95.0 Å². The first-order chi connectivity index (χ1) is 21.7. The lowest BCUT2D eigenvalue weighted by Gasteiger charge is -2.53. The minimum atomic E-state index is -6.40. The van der Waals surface area contributed by atoms with E-state index in [-0.39, 0.29) is 74.6 Å². The minimum absolute atomic E-state index is 0.150. The first-order valence-corrected chi connectivity index (χ1v) is 16.4. The standard InChI is InChI=1S/C31H30F8N2O5S/c1-40-17-23-28(47(45,46)20-5-3-19(32)4-6-20,21-7-2-18(16-22(21)40)29(33,30(34,35)36)31(37,38)39)14-15-41(23)24(42)26-8-11-27(12-9-26,13-10-26)25(43)44/h2-7,16,23H,8-15,17H2,1H3,(H,43,44). The Kier molecular flexibility index (Phi) is 7.32. The van der Waals surface area contributed by atoms with Crippen molar-refractivity contribution >= 4 is 27.4 Å². The molecule has 0 aromatic heterocycles. The van der Waals surface area contributed by atoms with Gasteiger partial charge in [0.15, 0.2) is 9.84 Å². The van der Waals surface area contributed by atoms with Crippen LogP contribution in [0.2, 0.25) is 0 Å². The number of hydrogen-bond donors (Lipinski definition) is 1. The molecule has 2 unspecified atom stereocenters. The van der Waals surface area contributed by atoms with Gasteiger partial charge in [-0.15, -0.1) is 0 Å². The van der Waals surface area contributed by atoms with Crippen LogP contribution in [0.1, 0.15) is 56.1 Å². The molecule has 2 heterocycles. The number of carboxylic acids is 1. The number of aliphatic carboxylic acids is 1. The van der Waals surface area contributed by atoms with Crippen LogP contribution in [0.4, 0.5) is 40.8 Å². The molecule has 2 bridgehead atoms. The Morgan fingerprint density at radius 3 is 1.87 bits per heavy atom. The number of carboxylic acid groups (broad SMARTS) is 1. The second kappa shape index (κ2) is 10.3. The maximum atomic E-state index is 15.2. The van der Waals surface area contributed by atoms with Gasteiger partial charge in [-0.1, -0.05) is 12.1 Å². The maximum absolute atomic E-state index is 15.2. The lowest BCUT2D eigenvalue weighted by Crippen LogP contribution is -2.61. The molecule has 4 fully saturated rings. The van der Waals surface area contributed by atoms with E-state index in [0.717, 1.165) is 30.3 Å². The summed E-state index contributed by atoms with van der Waals surface area (Å²) in [5, 5.41) is 9.79. The molecule has 47 heavy (non-hydrogen) atoms. The molecular formula is C31H30F8N2O5S. The van der Waals surface area contributed by atoms with Crippen LogP contribution in [0.15, 0.2) is 47.4 Å². The lowest BCUT2D eigenvalue weighted by molar-refractivity contribution is -0.348. The molecule has 2 atom stereocenters. The van der Waals surface area contributed by atoms with Crippen LogP contribution >= 0.6 is 0 Å². The number of halogens is 8. The molecule has 1 saturated heterocycles. The Bertz CT molecular complexity index is 1700. The van der Waals surface area contributed by atoms with Crippen molar-refractivity contribution in [3.63, 3.8) is 0 Å². The Morgan fingerprint density at radius 2 is 1.36 bits per heavy atom. The zero-order valence-corrected chi connectivity index (χ0v) is 25.7. The van der Waals surface area contributed by atoms with E-state index in [1.165, 1.54) is 16.8 Å². The van der Waals surface area contributed by atoms with Crippen LogP contribution in [0.3, 0.4) is 0 Å². The summed E-state index contributed by atoms with van der Waals surface area (Å²) in [6.07, 6.45) is -11.6. The molecule has 16 heteroatoms. The molecule has 2 aromatic carbocycles. The SMILES string of the molecule is CN1CC2N(C(=O)C34CCC(C(=O)O)(CC3)CC4)CCC2(S(=O)(=O)c2ccc(F)cc2)c2ccc(C(F)(C(F)(F)F)C(F)(F)F)cc21. The van der Waals surface area contributed by atoms with Gasteiger partial charge in [0.25, 0.3) is 0 Å². The Balaban J connectivity index is 1.50. The van der Waals surface area contributed by atoms with Crippen LogP contribution < -0.4 is 4.90 Å². The number of rotatable bonds is 5. The normalized spacial score (nSPS) is 29.4. The minimum Gasteiger partial charge on any atom is -0.481 e. The summed E-state index contributed by atoms with van der Waals surface area (Å²) in [7, 11) is -3.37. The average molecular weight is 695 g/mol. The molecule has 1 N–H and O–H groups in total. The number of fused-ring (bicyclic) bond motifs is 6. The quantitative estimate of drug-likeness (QED) is 0.294. The summed E-state index contributed by atoms with van der Waals surface area (Å²) < 4.78 is 138. The number of likely N-dealkylation sites (N-methyl/N-ethyl adjacent to an activating group) is 1. The lowest BCUT2D eigenvalue weighted by atomic mass is 9.53. The summed E-state index contributed by atoms with van der Waals surface area (Å²) >= 11 is 0. The van der Waals surface area contributed by atoms with Gasteiger partial charge in [0, 0.05) is 36.8 Å². The summed E-state index contributed by atoms with van der Waals surface area (Å²) in [6.45, 7) is -0.502. The average Bonchev–Trinajstić information content (AvgIpc) is 3.41. The van der Waals surface area contributed by atoms with E-state index in [1.54, 1.807) is 0 Å². The number of carbonyl (C=O) groups excluding carboxylic acids is 1. The number of anilines is 1. The molecule has 3 aliphatic carbocycles. The van der Waals surface area contributed by atoms with Crippen molar-refractivity contribution in [1.82, 2.24) is 4.90 Å². The van der Waals surface area contributed by atoms with Crippen molar-refractivity contribution in [3.05, 3.63) is 59.4 Å². The predicted octanol–water partition coefficient (Wildman–Crippen LogP) is 6.26. The fraction of sp³-hybridized carbons (Fsp3) is 0.548. The Morgan fingerprint density at radius 1 is 0.830 bits per heavy atom. The first kappa shape index (κ1) is 33.5. The highest BCUT2D eigenvalue weighted by molar-refractivity contribution is 7.92. The highest BCUT2D eigenvalue weighted by atomic mass is 32.2. The van der Waals surface area contributed by atoms with Gasteiger partial charge in [0.1, 0.15) is 10.6 Å². The van der Waals surface area contributed by atoms with Crippen LogP contribution in [0.5, 0.6) is 0 Å². The van der Waals surface area contributed by atoms with E-state index < -0.39 is 78.4 Å². The highest BCUT2D eigenvalue weighted by Crippen LogP contribution is 2.61. The molecule has 0 spiro atoms. The largest absolute Gasteiger partial charge is 0.481 e. The van der Waals surface area contributed by atoms with Crippen LogP contribution in [-0.4, -0.2) is 68.8 Å². The van der Waals surface area contributed by atoms with E-state index in [4.69, 9.17) is 0 Å². The van der Waals surface area contributed by atoms with Crippen molar-refractivity contribution in [2.45, 2.75) is 78.7 Å².